The lowest BCUT2D eigenvalue weighted by atomic mass is 9.83. The fraction of sp³-hybridized carbons (Fsp3) is 0.600. The van der Waals surface area contributed by atoms with Crippen molar-refractivity contribution in [1.82, 2.24) is 9.80 Å². The zero-order chi connectivity index (χ0) is 19.3. The highest BCUT2D eigenvalue weighted by Gasteiger charge is 2.45. The van der Waals surface area contributed by atoms with E-state index in [1.54, 1.807) is 0 Å². The fourth-order valence-electron chi connectivity index (χ4n) is 4.12. The van der Waals surface area contributed by atoms with Gasteiger partial charge in [-0.1, -0.05) is 6.42 Å². The third-order valence-corrected chi connectivity index (χ3v) is 6.07. The molecule has 148 valence electrons. The number of nitrogens with one attached hydrogen (secondary N) is 1. The maximum atomic E-state index is 12.3. The summed E-state index contributed by atoms with van der Waals surface area (Å²) in [6.07, 6.45) is 5.00. The number of carbonyl (C=O) groups excluding carboxylic acids is 1. The van der Waals surface area contributed by atoms with Gasteiger partial charge in [0.2, 0.25) is 5.91 Å². The Morgan fingerprint density at radius 1 is 1.15 bits per heavy atom. The Kier molecular flexibility index (Phi) is 6.55. The molecule has 27 heavy (non-hydrogen) atoms. The lowest BCUT2D eigenvalue weighted by Gasteiger charge is -2.48. The molecule has 2 fully saturated rings. The van der Waals surface area contributed by atoms with Crippen LogP contribution >= 0.6 is 12.2 Å². The largest absolute Gasteiger partial charge is 0.494 e. The van der Waals surface area contributed by atoms with E-state index < -0.39 is 5.54 Å². The summed E-state index contributed by atoms with van der Waals surface area (Å²) in [6, 6.07) is 7.78. The highest BCUT2D eigenvalue weighted by atomic mass is 32.1. The van der Waals surface area contributed by atoms with E-state index in [0.717, 1.165) is 63.3 Å². The van der Waals surface area contributed by atoms with Crippen LogP contribution in [0.25, 0.3) is 0 Å². The molecular formula is C20H30N4O2S. The Morgan fingerprint density at radius 2 is 1.78 bits per heavy atom. The van der Waals surface area contributed by atoms with Gasteiger partial charge in [-0.15, -0.1) is 0 Å². The number of primary amides is 1. The molecule has 0 bridgehead atoms. The van der Waals surface area contributed by atoms with E-state index in [1.807, 2.05) is 31.2 Å². The van der Waals surface area contributed by atoms with Crippen molar-refractivity contribution in [3.63, 3.8) is 0 Å². The molecule has 2 heterocycles. The second kappa shape index (κ2) is 8.89. The van der Waals surface area contributed by atoms with Crippen LogP contribution in [0.3, 0.4) is 0 Å². The molecular weight excluding hydrogens is 360 g/mol. The van der Waals surface area contributed by atoms with E-state index in [1.165, 1.54) is 6.42 Å². The predicted molar refractivity (Wildman–Crippen MR) is 112 cm³/mol. The van der Waals surface area contributed by atoms with Crippen molar-refractivity contribution in [3.05, 3.63) is 24.3 Å². The first-order chi connectivity index (χ1) is 13.0. The molecule has 0 atom stereocenters. The molecule has 0 spiro atoms. The maximum absolute atomic E-state index is 12.3. The molecule has 6 nitrogen and oxygen atoms in total. The Balaban J connectivity index is 1.58. The van der Waals surface area contributed by atoms with Crippen molar-refractivity contribution >= 4 is 28.9 Å². The van der Waals surface area contributed by atoms with Crippen LogP contribution in [0.15, 0.2) is 24.3 Å². The molecule has 0 radical (unpaired) electrons. The average Bonchev–Trinajstić information content (AvgIpc) is 2.70. The van der Waals surface area contributed by atoms with Gasteiger partial charge in [0.1, 0.15) is 11.3 Å². The monoisotopic (exact) mass is 390 g/mol. The van der Waals surface area contributed by atoms with Crippen molar-refractivity contribution < 1.29 is 9.53 Å². The quantitative estimate of drug-likeness (QED) is 0.753. The van der Waals surface area contributed by atoms with Crippen LogP contribution in [0.5, 0.6) is 5.75 Å². The number of rotatable bonds is 5. The number of hydrogen-bond donors (Lipinski definition) is 2. The highest BCUT2D eigenvalue weighted by molar-refractivity contribution is 7.80. The van der Waals surface area contributed by atoms with E-state index in [4.69, 9.17) is 22.7 Å². The second-order valence-electron chi connectivity index (χ2n) is 7.32. The molecule has 1 aromatic carbocycles. The summed E-state index contributed by atoms with van der Waals surface area (Å²) in [6.45, 7) is 6.03. The standard InChI is InChI=1S/C20H30N4O2S/c1-2-26-17-8-6-16(7-9-17)22-19(27)23-14-10-20(11-15-23,18(21)25)24-12-4-3-5-13-24/h6-9H,2-5,10-15H2,1H3,(H2,21,25)(H,22,27). The molecule has 3 N–H and O–H groups in total. The van der Waals surface area contributed by atoms with E-state index in [2.05, 4.69) is 15.1 Å². The summed E-state index contributed by atoms with van der Waals surface area (Å²) in [5, 5.41) is 3.98. The van der Waals surface area contributed by atoms with Gasteiger partial charge in [-0.25, -0.2) is 0 Å². The summed E-state index contributed by atoms with van der Waals surface area (Å²) < 4.78 is 5.47. The summed E-state index contributed by atoms with van der Waals surface area (Å²) in [5.74, 6) is 0.661. The Labute approximate surface area is 167 Å². The van der Waals surface area contributed by atoms with E-state index in [-0.39, 0.29) is 5.91 Å². The van der Waals surface area contributed by atoms with Gasteiger partial charge < -0.3 is 20.7 Å². The first kappa shape index (κ1) is 19.9. The van der Waals surface area contributed by atoms with Gasteiger partial charge >= 0.3 is 0 Å². The molecule has 1 aromatic rings. The summed E-state index contributed by atoms with van der Waals surface area (Å²) in [7, 11) is 0. The molecule has 2 saturated heterocycles. The Morgan fingerprint density at radius 3 is 2.33 bits per heavy atom. The van der Waals surface area contributed by atoms with Crippen molar-refractivity contribution in [2.24, 2.45) is 5.73 Å². The number of carbonyl (C=O) groups is 1. The highest BCUT2D eigenvalue weighted by Crippen LogP contribution is 2.32. The lowest BCUT2D eigenvalue weighted by Crippen LogP contribution is -2.64. The van der Waals surface area contributed by atoms with Gasteiger partial charge in [-0.2, -0.15) is 0 Å². The summed E-state index contributed by atoms with van der Waals surface area (Å²) >= 11 is 5.59. The van der Waals surface area contributed by atoms with Crippen molar-refractivity contribution in [2.75, 3.05) is 38.1 Å². The molecule has 1 amide bonds. The number of nitrogens with zero attached hydrogens (tertiary/aromatic N) is 2. The molecule has 0 aliphatic carbocycles. The third-order valence-electron chi connectivity index (χ3n) is 5.71. The number of nitrogens with two attached hydrogens (primary N) is 1. The van der Waals surface area contributed by atoms with E-state index in [9.17, 15) is 4.79 Å². The Bertz CT molecular complexity index is 650. The number of anilines is 1. The average molecular weight is 391 g/mol. The van der Waals surface area contributed by atoms with Crippen LogP contribution in [0.2, 0.25) is 0 Å². The van der Waals surface area contributed by atoms with Gasteiger partial charge in [0.05, 0.1) is 6.61 Å². The molecule has 0 unspecified atom stereocenters. The van der Waals surface area contributed by atoms with Crippen LogP contribution in [0, 0.1) is 0 Å². The Hall–Kier alpha value is -1.86. The number of ether oxygens (including phenoxy) is 1. The normalized spacial score (nSPS) is 20.1. The van der Waals surface area contributed by atoms with Crippen molar-refractivity contribution in [2.45, 2.75) is 44.6 Å². The zero-order valence-corrected chi connectivity index (χ0v) is 16.9. The third kappa shape index (κ3) is 4.52. The topological polar surface area (TPSA) is 70.8 Å². The van der Waals surface area contributed by atoms with Crippen LogP contribution in [-0.4, -0.2) is 59.1 Å². The van der Waals surface area contributed by atoms with Crippen LogP contribution in [0.4, 0.5) is 5.69 Å². The van der Waals surface area contributed by atoms with Crippen LogP contribution < -0.4 is 15.8 Å². The van der Waals surface area contributed by atoms with Crippen LogP contribution in [-0.2, 0) is 4.79 Å². The lowest BCUT2D eigenvalue weighted by molar-refractivity contribution is -0.134. The zero-order valence-electron chi connectivity index (χ0n) is 16.1. The summed E-state index contributed by atoms with van der Waals surface area (Å²) in [5.41, 5.74) is 6.29. The van der Waals surface area contributed by atoms with Gasteiger partial charge in [0.25, 0.3) is 0 Å². The van der Waals surface area contributed by atoms with E-state index in [0.29, 0.717) is 11.7 Å². The number of piperidine rings is 2. The molecule has 2 aliphatic heterocycles. The molecule has 7 heteroatoms. The minimum absolute atomic E-state index is 0.186. The minimum atomic E-state index is -0.508. The fourth-order valence-corrected chi connectivity index (χ4v) is 4.42. The van der Waals surface area contributed by atoms with Gasteiger partial charge in [-0.05, 0) is 82.2 Å². The van der Waals surface area contributed by atoms with Gasteiger partial charge in [0.15, 0.2) is 5.11 Å². The molecule has 0 aromatic heterocycles. The van der Waals surface area contributed by atoms with Crippen molar-refractivity contribution in [1.29, 1.82) is 0 Å². The number of hydrogen-bond acceptors (Lipinski definition) is 4. The second-order valence-corrected chi connectivity index (χ2v) is 7.70. The van der Waals surface area contributed by atoms with Gasteiger partial charge in [0, 0.05) is 18.8 Å². The predicted octanol–water partition coefficient (Wildman–Crippen LogP) is 2.59. The minimum Gasteiger partial charge on any atom is -0.494 e. The smallest absolute Gasteiger partial charge is 0.238 e. The number of amides is 1. The van der Waals surface area contributed by atoms with E-state index >= 15 is 0 Å². The first-order valence-corrected chi connectivity index (χ1v) is 10.3. The number of thiocarbonyl (C=S) groups is 1. The molecule has 3 rings (SSSR count). The first-order valence-electron chi connectivity index (χ1n) is 9.89. The maximum Gasteiger partial charge on any atom is 0.238 e. The SMILES string of the molecule is CCOc1ccc(NC(=S)N2CCC(C(N)=O)(N3CCCCC3)CC2)cc1. The van der Waals surface area contributed by atoms with Gasteiger partial charge in [-0.3, -0.25) is 9.69 Å². The number of benzene rings is 1. The molecule has 0 saturated carbocycles. The summed E-state index contributed by atoms with van der Waals surface area (Å²) in [4.78, 5) is 16.8. The molecule has 2 aliphatic rings. The van der Waals surface area contributed by atoms with Crippen molar-refractivity contribution in [3.8, 4) is 5.75 Å². The van der Waals surface area contributed by atoms with Crippen LogP contribution in [0.1, 0.15) is 39.0 Å². The number of likely N-dealkylation sites (tertiary alicyclic amines) is 2.